The van der Waals surface area contributed by atoms with Crippen LogP contribution in [0.1, 0.15) is 59.3 Å². The van der Waals surface area contributed by atoms with Gasteiger partial charge in [0.1, 0.15) is 0 Å². The second-order valence-electron chi connectivity index (χ2n) is 3.72. The van der Waals surface area contributed by atoms with Gasteiger partial charge in [-0.2, -0.15) is 0 Å². The summed E-state index contributed by atoms with van der Waals surface area (Å²) in [6, 6.07) is 0. The Morgan fingerprint density at radius 3 is 2.00 bits per heavy atom. The third-order valence-corrected chi connectivity index (χ3v) is 3.43. The number of carbonyl (C=O) groups excluding carboxylic acids is 1. The molecule has 0 heterocycles. The van der Waals surface area contributed by atoms with E-state index in [0.717, 1.165) is 25.7 Å². The Morgan fingerprint density at radius 1 is 1.15 bits per heavy atom. The maximum Gasteiger partial charge on any atom is 0.227 e. The lowest BCUT2D eigenvalue weighted by Crippen LogP contribution is -2.26. The zero-order chi connectivity index (χ0) is 10.3. The van der Waals surface area contributed by atoms with E-state index in [-0.39, 0.29) is 10.7 Å². The second kappa shape index (κ2) is 6.42. The lowest BCUT2D eigenvalue weighted by Gasteiger charge is -2.27. The van der Waals surface area contributed by atoms with E-state index in [9.17, 15) is 4.79 Å². The van der Waals surface area contributed by atoms with Gasteiger partial charge < -0.3 is 0 Å². The molecule has 0 N–H and O–H groups in total. The minimum atomic E-state index is -0.239. The first-order valence-electron chi connectivity index (χ1n) is 5.33. The minimum Gasteiger partial charge on any atom is -0.281 e. The normalized spacial score (nSPS) is 11.7. The van der Waals surface area contributed by atoms with Gasteiger partial charge in [0.05, 0.1) is 0 Å². The van der Waals surface area contributed by atoms with Gasteiger partial charge in [0.15, 0.2) is 0 Å². The third kappa shape index (κ3) is 3.68. The molecule has 78 valence electrons. The fourth-order valence-corrected chi connectivity index (χ4v) is 2.05. The Labute approximate surface area is 86.9 Å². The van der Waals surface area contributed by atoms with Gasteiger partial charge in [-0.25, -0.2) is 0 Å². The molecule has 0 atom stereocenters. The number of carbonyl (C=O) groups is 1. The van der Waals surface area contributed by atoms with Gasteiger partial charge in [-0.1, -0.05) is 40.0 Å². The highest BCUT2D eigenvalue weighted by Gasteiger charge is 2.32. The fourth-order valence-electron chi connectivity index (χ4n) is 1.69. The van der Waals surface area contributed by atoms with Crippen LogP contribution in [0.4, 0.5) is 0 Å². The lowest BCUT2D eigenvalue weighted by molar-refractivity contribution is -0.121. The van der Waals surface area contributed by atoms with Crippen LogP contribution >= 0.6 is 11.6 Å². The molecule has 0 aromatic heterocycles. The molecule has 1 nitrogen and oxygen atoms in total. The molecular weight excluding hydrogens is 184 g/mol. The van der Waals surface area contributed by atoms with Crippen molar-refractivity contribution in [1.82, 2.24) is 0 Å². The van der Waals surface area contributed by atoms with Crippen LogP contribution in [0.2, 0.25) is 0 Å². The minimum absolute atomic E-state index is 0.145. The average molecular weight is 205 g/mol. The van der Waals surface area contributed by atoms with Crippen molar-refractivity contribution < 1.29 is 4.79 Å². The molecule has 0 radical (unpaired) electrons. The molecule has 0 bridgehead atoms. The van der Waals surface area contributed by atoms with Crippen molar-refractivity contribution in [3.8, 4) is 0 Å². The van der Waals surface area contributed by atoms with Crippen LogP contribution in [0.15, 0.2) is 0 Å². The Kier molecular flexibility index (Phi) is 6.40. The maximum atomic E-state index is 11.3. The smallest absolute Gasteiger partial charge is 0.227 e. The number of hydrogen-bond acceptors (Lipinski definition) is 1. The first-order valence-corrected chi connectivity index (χ1v) is 5.70. The van der Waals surface area contributed by atoms with Crippen LogP contribution < -0.4 is 0 Å². The van der Waals surface area contributed by atoms with E-state index >= 15 is 0 Å². The van der Waals surface area contributed by atoms with Crippen molar-refractivity contribution in [2.75, 3.05) is 0 Å². The monoisotopic (exact) mass is 204 g/mol. The molecule has 13 heavy (non-hydrogen) atoms. The van der Waals surface area contributed by atoms with Crippen molar-refractivity contribution in [3.63, 3.8) is 0 Å². The number of unbranched alkanes of at least 4 members (excludes halogenated alkanes) is 2. The number of halogens is 1. The average Bonchev–Trinajstić information content (AvgIpc) is 2.13. The van der Waals surface area contributed by atoms with Crippen molar-refractivity contribution in [1.29, 1.82) is 0 Å². The Morgan fingerprint density at radius 2 is 1.69 bits per heavy atom. The highest BCUT2D eigenvalue weighted by atomic mass is 35.5. The summed E-state index contributed by atoms with van der Waals surface area (Å²) in [5, 5.41) is -0.145. The summed E-state index contributed by atoms with van der Waals surface area (Å²) in [7, 11) is 0. The van der Waals surface area contributed by atoms with E-state index in [1.54, 1.807) is 0 Å². The van der Waals surface area contributed by atoms with Crippen LogP contribution in [0.5, 0.6) is 0 Å². The molecule has 0 saturated carbocycles. The zero-order valence-corrected chi connectivity index (χ0v) is 9.78. The first kappa shape index (κ1) is 13.0. The summed E-state index contributed by atoms with van der Waals surface area (Å²) in [5.41, 5.74) is -0.239. The number of hydrogen-bond donors (Lipinski definition) is 0. The summed E-state index contributed by atoms with van der Waals surface area (Å²) < 4.78 is 0. The fraction of sp³-hybridized carbons (Fsp3) is 0.909. The van der Waals surface area contributed by atoms with E-state index in [1.165, 1.54) is 12.8 Å². The van der Waals surface area contributed by atoms with Gasteiger partial charge in [0.25, 0.3) is 0 Å². The van der Waals surface area contributed by atoms with Crippen molar-refractivity contribution in [2.45, 2.75) is 59.3 Å². The van der Waals surface area contributed by atoms with Crippen molar-refractivity contribution in [3.05, 3.63) is 0 Å². The molecule has 0 spiro atoms. The standard InChI is InChI=1S/C11H21ClO/c1-4-7-8-9-11(5-2,6-3)10(12)13/h4-9H2,1-3H3. The largest absolute Gasteiger partial charge is 0.281 e. The predicted octanol–water partition coefficient (Wildman–Crippen LogP) is 4.14. The molecule has 0 amide bonds. The topological polar surface area (TPSA) is 17.1 Å². The summed E-state index contributed by atoms with van der Waals surface area (Å²) in [6.07, 6.45) is 6.21. The van der Waals surface area contributed by atoms with Crippen molar-refractivity contribution >= 4 is 16.8 Å². The molecule has 0 fully saturated rings. The van der Waals surface area contributed by atoms with Gasteiger partial charge in [-0.05, 0) is 30.9 Å². The molecule has 0 aromatic carbocycles. The van der Waals surface area contributed by atoms with E-state index < -0.39 is 0 Å². The van der Waals surface area contributed by atoms with Gasteiger partial charge >= 0.3 is 0 Å². The molecule has 0 unspecified atom stereocenters. The van der Waals surface area contributed by atoms with Crippen LogP contribution in [0.25, 0.3) is 0 Å². The highest BCUT2D eigenvalue weighted by molar-refractivity contribution is 6.64. The maximum absolute atomic E-state index is 11.3. The third-order valence-electron chi connectivity index (χ3n) is 3.03. The Bertz CT molecular complexity index is 150. The molecule has 0 aliphatic heterocycles. The predicted molar refractivity (Wildman–Crippen MR) is 58.0 cm³/mol. The molecule has 2 heteroatoms. The van der Waals surface area contributed by atoms with Gasteiger partial charge in [0.2, 0.25) is 5.24 Å². The van der Waals surface area contributed by atoms with Gasteiger partial charge in [-0.15, -0.1) is 0 Å². The Balaban J connectivity index is 4.14. The van der Waals surface area contributed by atoms with E-state index in [1.807, 2.05) is 0 Å². The number of rotatable bonds is 7. The molecular formula is C11H21ClO. The molecule has 0 aliphatic carbocycles. The van der Waals surface area contributed by atoms with Crippen LogP contribution in [0.3, 0.4) is 0 Å². The quantitative estimate of drug-likeness (QED) is 0.450. The molecule has 0 saturated heterocycles. The zero-order valence-electron chi connectivity index (χ0n) is 9.03. The first-order chi connectivity index (χ1) is 6.13. The lowest BCUT2D eigenvalue weighted by atomic mass is 9.79. The highest BCUT2D eigenvalue weighted by Crippen LogP contribution is 2.35. The Hall–Kier alpha value is -0.0400. The van der Waals surface area contributed by atoms with Crippen molar-refractivity contribution in [2.24, 2.45) is 5.41 Å². The SMILES string of the molecule is CCCCCC(CC)(CC)C(=O)Cl. The van der Waals surface area contributed by atoms with Gasteiger partial charge in [-0.3, -0.25) is 4.79 Å². The van der Waals surface area contributed by atoms with Crippen LogP contribution in [0, 0.1) is 5.41 Å². The van der Waals surface area contributed by atoms with Gasteiger partial charge in [0, 0.05) is 5.41 Å². The molecule has 0 rings (SSSR count). The summed E-state index contributed by atoms with van der Waals surface area (Å²) >= 11 is 5.64. The van der Waals surface area contributed by atoms with Crippen LogP contribution in [-0.4, -0.2) is 5.24 Å². The van der Waals surface area contributed by atoms with E-state index in [4.69, 9.17) is 11.6 Å². The molecule has 0 aliphatic rings. The second-order valence-corrected chi connectivity index (χ2v) is 4.06. The summed E-state index contributed by atoms with van der Waals surface area (Å²) in [4.78, 5) is 11.3. The summed E-state index contributed by atoms with van der Waals surface area (Å²) in [5.74, 6) is 0. The van der Waals surface area contributed by atoms with E-state index in [2.05, 4.69) is 20.8 Å². The van der Waals surface area contributed by atoms with E-state index in [0.29, 0.717) is 0 Å². The van der Waals surface area contributed by atoms with Crippen LogP contribution in [-0.2, 0) is 4.79 Å². The molecule has 0 aromatic rings. The summed E-state index contributed by atoms with van der Waals surface area (Å²) in [6.45, 7) is 6.27.